The molecule has 0 unspecified atom stereocenters. The van der Waals surface area contributed by atoms with Crippen molar-refractivity contribution in [1.29, 1.82) is 0 Å². The molecule has 0 aliphatic heterocycles. The second kappa shape index (κ2) is 6.04. The number of aliphatic carboxylic acids is 1. The summed E-state index contributed by atoms with van der Waals surface area (Å²) in [5.74, 6) is -2.72. The Labute approximate surface area is 119 Å². The van der Waals surface area contributed by atoms with E-state index in [4.69, 9.17) is 5.11 Å². The van der Waals surface area contributed by atoms with E-state index >= 15 is 0 Å². The summed E-state index contributed by atoms with van der Waals surface area (Å²) in [6.07, 6.45) is 2.73. The van der Waals surface area contributed by atoms with Crippen molar-refractivity contribution >= 4 is 23.5 Å². The van der Waals surface area contributed by atoms with Crippen molar-refractivity contribution in [3.63, 3.8) is 0 Å². The fraction of sp³-hybridized carbons (Fsp3) is 0.231. The molecule has 110 valence electrons. The first-order valence-electron chi connectivity index (χ1n) is 6.05. The molecule has 1 amide bonds. The van der Waals surface area contributed by atoms with E-state index in [1.54, 1.807) is 28.8 Å². The summed E-state index contributed by atoms with van der Waals surface area (Å²) < 4.78 is 6.02. The molecule has 2 aromatic rings. The maximum absolute atomic E-state index is 12.0. The summed E-state index contributed by atoms with van der Waals surface area (Å²) in [6.45, 7) is 0. The lowest BCUT2D eigenvalue weighted by molar-refractivity contribution is -0.147. The molecule has 0 aliphatic rings. The van der Waals surface area contributed by atoms with Crippen LogP contribution >= 0.6 is 0 Å². The molecule has 8 nitrogen and oxygen atoms in total. The molecule has 0 aromatic carbocycles. The van der Waals surface area contributed by atoms with Gasteiger partial charge in [0.15, 0.2) is 0 Å². The van der Waals surface area contributed by atoms with Gasteiger partial charge < -0.3 is 19.6 Å². The first kappa shape index (κ1) is 14.5. The molecule has 2 heterocycles. The first-order valence-corrected chi connectivity index (χ1v) is 6.05. The topological polar surface area (TPSA) is 110 Å². The average molecular weight is 291 g/mol. The monoisotopic (exact) mass is 291 g/mol. The van der Waals surface area contributed by atoms with Gasteiger partial charge in [0.1, 0.15) is 17.4 Å². The molecule has 2 rings (SSSR count). The molecule has 2 N–H and O–H groups in total. The predicted octanol–water partition coefficient (Wildman–Crippen LogP) is 0.0804. The van der Waals surface area contributed by atoms with E-state index in [2.05, 4.69) is 15.0 Å². The maximum atomic E-state index is 12.0. The highest BCUT2D eigenvalue weighted by atomic mass is 16.5. The molecule has 0 aliphatic carbocycles. The Morgan fingerprint density at radius 3 is 2.81 bits per heavy atom. The zero-order valence-corrected chi connectivity index (χ0v) is 11.1. The number of hydrogen-bond donors (Lipinski definition) is 2. The Kier molecular flexibility index (Phi) is 4.17. The van der Waals surface area contributed by atoms with Gasteiger partial charge in [-0.3, -0.25) is 9.59 Å². The Hall–Kier alpha value is -2.90. The summed E-state index contributed by atoms with van der Waals surface area (Å²) in [5, 5.41) is 11.2. The number of hydrogen-bond acceptors (Lipinski definition) is 5. The van der Waals surface area contributed by atoms with Crippen LogP contribution in [0.1, 0.15) is 16.9 Å². The molecule has 21 heavy (non-hydrogen) atoms. The quantitative estimate of drug-likeness (QED) is 0.755. The molecule has 0 radical (unpaired) electrons. The van der Waals surface area contributed by atoms with Crippen molar-refractivity contribution in [2.75, 3.05) is 7.11 Å². The number of carboxylic acids is 1. The van der Waals surface area contributed by atoms with Crippen LogP contribution in [0.15, 0.2) is 30.6 Å². The Bertz CT molecular complexity index is 661. The van der Waals surface area contributed by atoms with Crippen LogP contribution in [0.25, 0.3) is 5.65 Å². The van der Waals surface area contributed by atoms with Gasteiger partial charge in [-0.15, -0.1) is 0 Å². The summed E-state index contributed by atoms with van der Waals surface area (Å²) in [4.78, 5) is 38.2. The Balaban J connectivity index is 2.14. The van der Waals surface area contributed by atoms with E-state index in [1.807, 2.05) is 0 Å². The number of carbonyl (C=O) groups is 3. The highest BCUT2D eigenvalue weighted by molar-refractivity contribution is 5.96. The SMILES string of the molecule is COC(=O)C[C@H](NC(=O)c1cn2ccccc2n1)C(=O)O. The van der Waals surface area contributed by atoms with Crippen molar-refractivity contribution < 1.29 is 24.2 Å². The minimum absolute atomic E-state index is 0.0670. The number of methoxy groups -OCH3 is 1. The van der Waals surface area contributed by atoms with Gasteiger partial charge in [0, 0.05) is 12.4 Å². The number of amides is 1. The maximum Gasteiger partial charge on any atom is 0.326 e. The number of nitrogens with one attached hydrogen (secondary N) is 1. The lowest BCUT2D eigenvalue weighted by Gasteiger charge is -2.12. The van der Waals surface area contributed by atoms with Crippen LogP contribution in [-0.2, 0) is 14.3 Å². The lowest BCUT2D eigenvalue weighted by atomic mass is 10.2. The molecule has 0 spiro atoms. The number of carbonyl (C=O) groups excluding carboxylic acids is 2. The molecule has 0 fully saturated rings. The van der Waals surface area contributed by atoms with Crippen molar-refractivity contribution in [1.82, 2.24) is 14.7 Å². The largest absolute Gasteiger partial charge is 0.480 e. The van der Waals surface area contributed by atoms with Gasteiger partial charge in [-0.05, 0) is 12.1 Å². The van der Waals surface area contributed by atoms with Gasteiger partial charge in [0.25, 0.3) is 5.91 Å². The Morgan fingerprint density at radius 2 is 2.19 bits per heavy atom. The molecule has 8 heteroatoms. The second-order valence-electron chi connectivity index (χ2n) is 4.24. The Morgan fingerprint density at radius 1 is 1.43 bits per heavy atom. The number of imidazole rings is 1. The van der Waals surface area contributed by atoms with Crippen molar-refractivity contribution in [3.8, 4) is 0 Å². The number of pyridine rings is 1. The third-order valence-corrected chi connectivity index (χ3v) is 2.80. The van der Waals surface area contributed by atoms with E-state index in [0.29, 0.717) is 5.65 Å². The van der Waals surface area contributed by atoms with E-state index in [9.17, 15) is 14.4 Å². The van der Waals surface area contributed by atoms with Gasteiger partial charge in [-0.25, -0.2) is 9.78 Å². The molecule has 0 saturated carbocycles. The van der Waals surface area contributed by atoms with Crippen molar-refractivity contribution in [2.45, 2.75) is 12.5 Å². The van der Waals surface area contributed by atoms with E-state index in [1.165, 1.54) is 6.20 Å². The minimum Gasteiger partial charge on any atom is -0.480 e. The summed E-state index contributed by atoms with van der Waals surface area (Å²) in [6, 6.07) is 3.88. The number of nitrogens with zero attached hydrogens (tertiary/aromatic N) is 2. The molecule has 1 atom stereocenters. The number of rotatable bonds is 5. The van der Waals surface area contributed by atoms with Gasteiger partial charge in [-0.2, -0.15) is 0 Å². The van der Waals surface area contributed by atoms with E-state index in [-0.39, 0.29) is 5.69 Å². The lowest BCUT2D eigenvalue weighted by Crippen LogP contribution is -2.42. The summed E-state index contributed by atoms with van der Waals surface area (Å²) >= 11 is 0. The van der Waals surface area contributed by atoms with Gasteiger partial charge in [0.2, 0.25) is 0 Å². The zero-order valence-electron chi connectivity index (χ0n) is 11.1. The van der Waals surface area contributed by atoms with Crippen LogP contribution in [0, 0.1) is 0 Å². The van der Waals surface area contributed by atoms with Gasteiger partial charge in [-0.1, -0.05) is 6.07 Å². The summed E-state index contributed by atoms with van der Waals surface area (Å²) in [5.41, 5.74) is 0.625. The molecule has 0 saturated heterocycles. The number of aromatic nitrogens is 2. The van der Waals surface area contributed by atoms with Crippen molar-refractivity contribution in [3.05, 3.63) is 36.3 Å². The van der Waals surface area contributed by atoms with E-state index in [0.717, 1.165) is 7.11 Å². The fourth-order valence-electron chi connectivity index (χ4n) is 1.73. The van der Waals surface area contributed by atoms with Crippen molar-refractivity contribution in [2.24, 2.45) is 0 Å². The van der Waals surface area contributed by atoms with Crippen LogP contribution < -0.4 is 5.32 Å². The summed E-state index contributed by atoms with van der Waals surface area (Å²) in [7, 11) is 1.14. The average Bonchev–Trinajstić information content (AvgIpc) is 2.90. The standard InChI is InChI=1S/C13H13N3O5/c1-21-11(17)6-8(13(19)20)15-12(18)9-7-16-5-3-2-4-10(16)14-9/h2-5,7-8H,6H2,1H3,(H,15,18)(H,19,20)/t8-/m0/s1. The predicted molar refractivity (Wildman–Crippen MR) is 70.7 cm³/mol. The zero-order chi connectivity index (χ0) is 15.4. The number of esters is 1. The second-order valence-corrected chi connectivity index (χ2v) is 4.24. The molecule has 2 aromatic heterocycles. The van der Waals surface area contributed by atoms with Crippen LogP contribution in [0.4, 0.5) is 0 Å². The van der Waals surface area contributed by atoms with Crippen LogP contribution in [-0.4, -0.2) is 45.5 Å². The smallest absolute Gasteiger partial charge is 0.326 e. The fourth-order valence-corrected chi connectivity index (χ4v) is 1.73. The van der Waals surface area contributed by atoms with Gasteiger partial charge in [0.05, 0.1) is 13.5 Å². The minimum atomic E-state index is -1.37. The highest BCUT2D eigenvalue weighted by Gasteiger charge is 2.25. The number of carboxylic acid groups (broad SMARTS) is 1. The molecule has 0 bridgehead atoms. The molecular formula is C13H13N3O5. The van der Waals surface area contributed by atoms with Gasteiger partial charge >= 0.3 is 11.9 Å². The van der Waals surface area contributed by atoms with E-state index < -0.39 is 30.3 Å². The third-order valence-electron chi connectivity index (χ3n) is 2.80. The van der Waals surface area contributed by atoms with Crippen LogP contribution in [0.2, 0.25) is 0 Å². The number of ether oxygens (including phenoxy) is 1. The third kappa shape index (κ3) is 3.35. The highest BCUT2D eigenvalue weighted by Crippen LogP contribution is 2.05. The first-order chi connectivity index (χ1) is 10.0. The van der Waals surface area contributed by atoms with Crippen LogP contribution in [0.3, 0.4) is 0 Å². The molecular weight excluding hydrogens is 278 g/mol. The number of fused-ring (bicyclic) bond motifs is 1. The van der Waals surface area contributed by atoms with Crippen LogP contribution in [0.5, 0.6) is 0 Å². The normalized spacial score (nSPS) is 11.9.